The summed E-state index contributed by atoms with van der Waals surface area (Å²) in [6, 6.07) is 31.5. The van der Waals surface area contributed by atoms with Crippen LogP contribution in [0.15, 0.2) is 127 Å². The molecule has 0 aliphatic carbocycles. The van der Waals surface area contributed by atoms with E-state index in [4.69, 9.17) is 46.1 Å². The third kappa shape index (κ3) is 11.6. The number of fused-ring (bicyclic) bond motifs is 4. The minimum absolute atomic E-state index is 0.0842. The van der Waals surface area contributed by atoms with Gasteiger partial charge in [0, 0.05) is 108 Å². The predicted molar refractivity (Wildman–Crippen MR) is 241 cm³/mol. The summed E-state index contributed by atoms with van der Waals surface area (Å²) in [4.78, 5) is 20.5. The van der Waals surface area contributed by atoms with E-state index in [9.17, 15) is 5.11 Å². The molecule has 1 atom stereocenters. The van der Waals surface area contributed by atoms with Gasteiger partial charge in [0.25, 0.3) is 0 Å². The van der Waals surface area contributed by atoms with Crippen molar-refractivity contribution in [2.45, 2.75) is 45.1 Å². The number of rotatable bonds is 12. The van der Waals surface area contributed by atoms with Gasteiger partial charge in [-0.05, 0) is 55.7 Å². The van der Waals surface area contributed by atoms with Gasteiger partial charge in [-0.15, -0.1) is 0 Å². The second-order valence-corrected chi connectivity index (χ2v) is 16.1. The Bertz CT molecular complexity index is 2750. The smallest absolute Gasteiger partial charge is 0.157 e. The number of aliphatic hydroxyl groups is 1. The fraction of sp³-hybridized carbons (Fsp3) is 0.447. The summed E-state index contributed by atoms with van der Waals surface area (Å²) in [6.07, 6.45) is 0.890. The van der Waals surface area contributed by atoms with Crippen molar-refractivity contribution in [2.75, 3.05) is 111 Å². The van der Waals surface area contributed by atoms with Crippen LogP contribution in [0, 0.1) is 0 Å². The van der Waals surface area contributed by atoms with Crippen LogP contribution in [0.1, 0.15) is 52.3 Å². The molecule has 1 unspecified atom stereocenters. The van der Waals surface area contributed by atoms with Gasteiger partial charge in [-0.3, -0.25) is 9.80 Å². The lowest BCUT2D eigenvalue weighted by Gasteiger charge is -2.36. The quantitative estimate of drug-likeness (QED) is 0.156. The van der Waals surface area contributed by atoms with Crippen molar-refractivity contribution in [3.8, 4) is 0 Å². The Morgan fingerprint density at radius 1 is 0.583 bits per heavy atom. The highest BCUT2D eigenvalue weighted by atomic mass is 32.2. The second kappa shape index (κ2) is 22.4. The molecular weight excluding hydrogens is 793 g/mol. The summed E-state index contributed by atoms with van der Waals surface area (Å²) in [7, 11) is 0. The SMILES string of the molecule is [2H]C([2H])(O)C([2H])([2H])OC([2H])([2H])C([2H])([2H])N1CCN(C2=Nc3ccccc3Sc3ccccc32)CC1.[2H]C([2H])(OC1CCCCO1)C([2H])([2H])OC([2H])([2H])C([2H])([2H])N1CCN(C2=Nc3ccccc3Sc3ccccc32)CC1. The lowest BCUT2D eigenvalue weighted by atomic mass is 10.1. The van der Waals surface area contributed by atoms with Crippen molar-refractivity contribution in [1.29, 1.82) is 0 Å². The molecule has 0 bridgehead atoms. The van der Waals surface area contributed by atoms with E-state index < -0.39 is 58.6 Å². The molecule has 11 nitrogen and oxygen atoms in total. The van der Waals surface area contributed by atoms with E-state index in [-0.39, 0.29) is 26.2 Å². The van der Waals surface area contributed by atoms with Gasteiger partial charge in [0.2, 0.25) is 0 Å². The lowest BCUT2D eigenvalue weighted by Crippen LogP contribution is -2.49. The standard InChI is InChI=1S/C26H33N3O3S.C21H25N3O2S/c1-3-9-23-21(7-1)26(27-22-8-2-4-10-24(22)33-23)29-14-12-28(13-15-29)16-18-30-19-20-32-25-11-5-6-17-31-25;25-14-16-26-15-13-23-9-11-24(12-10-23)21-17-5-1-3-7-19(17)27-20-8-4-2-6-18(20)22-21/h1-4,7-10,25H,5-6,11-20H2;1-8,25H,9-16H2/i16D2,18D2,19D2,20D2;13D2,14D2,15D2,16D2. The molecule has 3 fully saturated rings. The van der Waals surface area contributed by atoms with Crippen LogP contribution in [0.25, 0.3) is 0 Å². The minimum Gasteiger partial charge on any atom is -0.394 e. The first kappa shape index (κ1) is 27.3. The van der Waals surface area contributed by atoms with Crippen LogP contribution < -0.4 is 0 Å². The number of benzene rings is 4. The molecule has 9 rings (SSSR count). The molecule has 5 aliphatic heterocycles. The Kier molecular flexibility index (Phi) is 10.2. The number of amidine groups is 2. The predicted octanol–water partition coefficient (Wildman–Crippen LogP) is 7.26. The van der Waals surface area contributed by atoms with Crippen molar-refractivity contribution in [2.24, 2.45) is 9.98 Å². The molecule has 60 heavy (non-hydrogen) atoms. The monoisotopic (exact) mass is 866 g/mol. The fourth-order valence-corrected chi connectivity index (χ4v) is 9.08. The van der Waals surface area contributed by atoms with E-state index in [0.717, 1.165) is 66.6 Å². The van der Waals surface area contributed by atoms with E-state index in [1.165, 1.54) is 9.80 Å². The van der Waals surface area contributed by atoms with Crippen molar-refractivity contribution in [1.82, 2.24) is 19.6 Å². The zero-order valence-corrected chi connectivity index (χ0v) is 34.5. The first-order valence-electron chi connectivity index (χ1n) is 27.9. The number of hydrogen-bond acceptors (Lipinski definition) is 13. The highest BCUT2D eigenvalue weighted by Crippen LogP contribution is 2.42. The lowest BCUT2D eigenvalue weighted by molar-refractivity contribution is -0.169. The van der Waals surface area contributed by atoms with Gasteiger partial charge < -0.3 is 33.9 Å². The molecule has 0 radical (unpaired) electrons. The summed E-state index contributed by atoms with van der Waals surface area (Å²) in [5.41, 5.74) is 3.57. The molecule has 0 spiro atoms. The zero-order valence-electron chi connectivity index (χ0n) is 48.9. The number of para-hydroxylation sites is 2. The molecule has 1 N–H and O–H groups in total. The van der Waals surface area contributed by atoms with E-state index in [1.807, 2.05) is 107 Å². The fourth-order valence-electron chi connectivity index (χ4n) is 7.04. The van der Waals surface area contributed by atoms with Crippen molar-refractivity contribution < 1.29 is 46.0 Å². The Balaban J connectivity index is 0.000000204. The van der Waals surface area contributed by atoms with Gasteiger partial charge in [0.15, 0.2) is 6.29 Å². The average Bonchev–Trinajstić information content (AvgIpc) is 3.66. The number of piperazine rings is 2. The first-order valence-corrected chi connectivity index (χ1v) is 21.5. The van der Waals surface area contributed by atoms with Gasteiger partial charge in [-0.25, -0.2) is 9.98 Å². The number of hydrogen-bond donors (Lipinski definition) is 1. The minimum atomic E-state index is -3.52. The Hall–Kier alpha value is -3.76. The maximum absolute atomic E-state index is 9.35. The topological polar surface area (TPSA) is 94.8 Å². The average molecular weight is 867 g/mol. The van der Waals surface area contributed by atoms with Crippen LogP contribution >= 0.6 is 23.5 Å². The summed E-state index contributed by atoms with van der Waals surface area (Å²) >= 11 is 3.26. The van der Waals surface area contributed by atoms with Crippen LogP contribution in [0.3, 0.4) is 0 Å². The van der Waals surface area contributed by atoms with Crippen molar-refractivity contribution in [3.63, 3.8) is 0 Å². The normalized spacial score (nSPS) is 25.2. The van der Waals surface area contributed by atoms with E-state index >= 15 is 0 Å². The summed E-state index contributed by atoms with van der Waals surface area (Å²) in [6.45, 7) is -23.4. The number of ether oxygens (including phenoxy) is 4. The molecule has 0 aromatic heterocycles. The zero-order chi connectivity index (χ0) is 55.1. The van der Waals surface area contributed by atoms with Gasteiger partial charge in [0.1, 0.15) is 11.7 Å². The van der Waals surface area contributed by atoms with Crippen molar-refractivity contribution in [3.05, 3.63) is 108 Å². The van der Waals surface area contributed by atoms with Crippen LogP contribution in [0.2, 0.25) is 0 Å². The highest BCUT2D eigenvalue weighted by molar-refractivity contribution is 7.99. The molecule has 0 saturated carbocycles. The van der Waals surface area contributed by atoms with Crippen LogP contribution in [0.4, 0.5) is 11.4 Å². The Morgan fingerprint density at radius 3 is 1.57 bits per heavy atom. The van der Waals surface area contributed by atoms with Gasteiger partial charge in [0.05, 0.1) is 67.2 Å². The van der Waals surface area contributed by atoms with Crippen molar-refractivity contribution >= 4 is 46.6 Å². The summed E-state index contributed by atoms with van der Waals surface area (Å²) < 4.78 is 148. The third-order valence-electron chi connectivity index (χ3n) is 10.1. The summed E-state index contributed by atoms with van der Waals surface area (Å²) in [5, 5.41) is 9.35. The summed E-state index contributed by atoms with van der Waals surface area (Å²) in [5.74, 6) is 1.49. The second-order valence-electron chi connectivity index (χ2n) is 13.9. The molecule has 5 aliphatic rings. The molecule has 4 aromatic rings. The van der Waals surface area contributed by atoms with Crippen LogP contribution in [-0.4, -0.2) is 154 Å². The van der Waals surface area contributed by atoms with Gasteiger partial charge in [-0.1, -0.05) is 84.2 Å². The van der Waals surface area contributed by atoms with Gasteiger partial charge >= 0.3 is 0 Å². The van der Waals surface area contributed by atoms with E-state index in [0.29, 0.717) is 39.2 Å². The molecule has 0 amide bonds. The Labute approximate surface area is 386 Å². The highest BCUT2D eigenvalue weighted by Gasteiger charge is 2.27. The third-order valence-corrected chi connectivity index (χ3v) is 12.3. The Morgan fingerprint density at radius 2 is 1.07 bits per heavy atom. The van der Waals surface area contributed by atoms with Crippen LogP contribution in [0.5, 0.6) is 0 Å². The molecular formula is C47H58N6O5S2. The first-order chi connectivity index (χ1) is 35.5. The molecule has 5 heterocycles. The van der Waals surface area contributed by atoms with Crippen LogP contribution in [-0.2, 0) is 18.9 Å². The van der Waals surface area contributed by atoms with Gasteiger partial charge in [-0.2, -0.15) is 0 Å². The van der Waals surface area contributed by atoms with E-state index in [1.54, 1.807) is 23.5 Å². The molecule has 13 heteroatoms. The maximum atomic E-state index is 9.35. The maximum Gasteiger partial charge on any atom is 0.157 e. The molecule has 3 saturated heterocycles. The number of aliphatic imine (C=N–C) groups is 2. The number of nitrogens with zero attached hydrogens (tertiary/aromatic N) is 6. The molecule has 4 aromatic carbocycles. The molecule has 318 valence electrons. The largest absolute Gasteiger partial charge is 0.394 e. The van der Waals surface area contributed by atoms with E-state index in [2.05, 4.69) is 4.74 Å².